The largest absolute Gasteiger partial charge is 0.495 e. The number of sulfonamides is 1. The van der Waals surface area contributed by atoms with Crippen molar-refractivity contribution in [2.75, 3.05) is 38.7 Å². The van der Waals surface area contributed by atoms with Crippen LogP contribution in [0.25, 0.3) is 0 Å². The summed E-state index contributed by atoms with van der Waals surface area (Å²) in [7, 11) is -2.29. The Bertz CT molecular complexity index is 1020. The third-order valence-corrected chi connectivity index (χ3v) is 6.28. The van der Waals surface area contributed by atoms with Crippen LogP contribution in [0.3, 0.4) is 0 Å². The van der Waals surface area contributed by atoms with Crippen LogP contribution in [0.5, 0.6) is 5.75 Å². The van der Waals surface area contributed by atoms with Crippen molar-refractivity contribution >= 4 is 27.3 Å². The summed E-state index contributed by atoms with van der Waals surface area (Å²) < 4.78 is 36.9. The Labute approximate surface area is 167 Å². The number of nitrogens with zero attached hydrogens (tertiary/aromatic N) is 2. The number of morpholine rings is 1. The molecule has 0 saturated carbocycles. The van der Waals surface area contributed by atoms with Crippen molar-refractivity contribution in [3.63, 3.8) is 0 Å². The number of rotatable bonds is 6. The van der Waals surface area contributed by atoms with Crippen LogP contribution in [-0.2, 0) is 14.8 Å². The zero-order valence-corrected chi connectivity index (χ0v) is 16.3. The van der Waals surface area contributed by atoms with E-state index in [0.29, 0.717) is 13.2 Å². The average Bonchev–Trinajstić information content (AvgIpc) is 2.74. The van der Waals surface area contributed by atoms with Crippen LogP contribution in [0.2, 0.25) is 0 Å². The molecule has 0 spiro atoms. The highest BCUT2D eigenvalue weighted by molar-refractivity contribution is 7.89. The molecule has 1 N–H and O–H groups in total. The van der Waals surface area contributed by atoms with E-state index in [9.17, 15) is 23.3 Å². The SMILES string of the molecule is COc1ccc([N+](=O)[O-])cc1NC(=O)c1ccc(S(=O)(=O)N2CCOCC2)cc1. The van der Waals surface area contributed by atoms with E-state index in [1.54, 1.807) is 0 Å². The molecule has 29 heavy (non-hydrogen) atoms. The summed E-state index contributed by atoms with van der Waals surface area (Å²) in [6.07, 6.45) is 0. The van der Waals surface area contributed by atoms with Gasteiger partial charge >= 0.3 is 0 Å². The van der Waals surface area contributed by atoms with E-state index in [4.69, 9.17) is 9.47 Å². The van der Waals surface area contributed by atoms with Gasteiger partial charge in [-0.15, -0.1) is 0 Å². The topological polar surface area (TPSA) is 128 Å². The zero-order valence-electron chi connectivity index (χ0n) is 15.5. The highest BCUT2D eigenvalue weighted by atomic mass is 32.2. The maximum atomic E-state index is 12.6. The van der Waals surface area contributed by atoms with Crippen LogP contribution in [0, 0.1) is 10.1 Å². The predicted octanol–water partition coefficient (Wildman–Crippen LogP) is 1.88. The summed E-state index contributed by atoms with van der Waals surface area (Å²) in [4.78, 5) is 23.0. The van der Waals surface area contributed by atoms with Crippen LogP contribution < -0.4 is 10.1 Å². The Morgan fingerprint density at radius 1 is 1.17 bits per heavy atom. The van der Waals surface area contributed by atoms with E-state index in [-0.39, 0.29) is 40.7 Å². The fraction of sp³-hybridized carbons (Fsp3) is 0.278. The molecule has 2 aromatic carbocycles. The average molecular weight is 421 g/mol. The maximum absolute atomic E-state index is 12.6. The number of ether oxygens (including phenoxy) is 2. The Kier molecular flexibility index (Phi) is 6.11. The Morgan fingerprint density at radius 3 is 2.41 bits per heavy atom. The molecule has 0 atom stereocenters. The lowest BCUT2D eigenvalue weighted by atomic mass is 10.2. The number of nitro benzene ring substituents is 1. The van der Waals surface area contributed by atoms with Crippen LogP contribution >= 0.6 is 0 Å². The lowest BCUT2D eigenvalue weighted by molar-refractivity contribution is -0.384. The minimum atomic E-state index is -3.66. The van der Waals surface area contributed by atoms with Crippen LogP contribution in [0.1, 0.15) is 10.4 Å². The van der Waals surface area contributed by atoms with E-state index in [2.05, 4.69) is 5.32 Å². The van der Waals surface area contributed by atoms with Gasteiger partial charge in [0.05, 0.1) is 35.8 Å². The first-order chi connectivity index (χ1) is 13.8. The Hall–Kier alpha value is -3.02. The van der Waals surface area contributed by atoms with Crippen molar-refractivity contribution in [3.05, 3.63) is 58.1 Å². The van der Waals surface area contributed by atoms with Crippen molar-refractivity contribution in [2.24, 2.45) is 0 Å². The second-order valence-corrected chi connectivity index (χ2v) is 8.07. The van der Waals surface area contributed by atoms with Gasteiger partial charge in [0.2, 0.25) is 10.0 Å². The van der Waals surface area contributed by atoms with Crippen LogP contribution in [-0.4, -0.2) is 57.0 Å². The van der Waals surface area contributed by atoms with Gasteiger partial charge in [-0.2, -0.15) is 4.31 Å². The Morgan fingerprint density at radius 2 is 1.83 bits per heavy atom. The number of nitro groups is 1. The quantitative estimate of drug-likeness (QED) is 0.557. The molecule has 0 aliphatic carbocycles. The highest BCUT2D eigenvalue weighted by Gasteiger charge is 2.26. The molecule has 2 aromatic rings. The molecule has 11 heteroatoms. The minimum Gasteiger partial charge on any atom is -0.495 e. The Balaban J connectivity index is 1.79. The number of benzene rings is 2. The second-order valence-electron chi connectivity index (χ2n) is 6.14. The van der Waals surface area contributed by atoms with Gasteiger partial charge in [-0.1, -0.05) is 0 Å². The van der Waals surface area contributed by atoms with Gasteiger partial charge in [-0.3, -0.25) is 14.9 Å². The standard InChI is InChI=1S/C18H19N3O7S/c1-27-17-7-4-14(21(23)24)12-16(17)19-18(22)13-2-5-15(6-3-13)29(25,26)20-8-10-28-11-9-20/h2-7,12H,8-11H2,1H3,(H,19,22). The van der Waals surface area contributed by atoms with E-state index < -0.39 is 20.9 Å². The number of methoxy groups -OCH3 is 1. The third kappa shape index (κ3) is 4.53. The zero-order chi connectivity index (χ0) is 21.0. The molecule has 0 bridgehead atoms. The number of hydrogen-bond donors (Lipinski definition) is 1. The van der Waals surface area contributed by atoms with Crippen molar-refractivity contribution in [3.8, 4) is 5.75 Å². The summed E-state index contributed by atoms with van der Waals surface area (Å²) in [6.45, 7) is 1.23. The van der Waals surface area contributed by atoms with E-state index in [1.165, 1.54) is 53.9 Å². The smallest absolute Gasteiger partial charge is 0.271 e. The summed E-state index contributed by atoms with van der Waals surface area (Å²) in [5, 5.41) is 13.5. The molecule has 1 saturated heterocycles. The van der Waals surface area contributed by atoms with Crippen molar-refractivity contribution in [1.82, 2.24) is 4.31 Å². The van der Waals surface area contributed by atoms with Gasteiger partial charge in [-0.05, 0) is 30.3 Å². The van der Waals surface area contributed by atoms with E-state index in [1.807, 2.05) is 0 Å². The second kappa shape index (κ2) is 8.55. The first-order valence-electron chi connectivity index (χ1n) is 8.64. The summed E-state index contributed by atoms with van der Waals surface area (Å²) >= 11 is 0. The number of nitrogens with one attached hydrogen (secondary N) is 1. The number of carbonyl (C=O) groups is 1. The first-order valence-corrected chi connectivity index (χ1v) is 10.1. The molecule has 1 amide bonds. The number of anilines is 1. The van der Waals surface area contributed by atoms with Gasteiger partial charge in [0.15, 0.2) is 0 Å². The molecule has 1 aliphatic heterocycles. The first kappa shape index (κ1) is 20.7. The summed E-state index contributed by atoms with van der Waals surface area (Å²) in [5.41, 5.74) is 0.129. The molecule has 154 valence electrons. The van der Waals surface area contributed by atoms with Crippen molar-refractivity contribution in [1.29, 1.82) is 0 Å². The number of amides is 1. The number of hydrogen-bond acceptors (Lipinski definition) is 7. The van der Waals surface area contributed by atoms with E-state index in [0.717, 1.165) is 0 Å². The molecule has 3 rings (SSSR count). The molecular formula is C18H19N3O7S. The van der Waals surface area contributed by atoms with E-state index >= 15 is 0 Å². The fourth-order valence-electron chi connectivity index (χ4n) is 2.82. The normalized spacial score (nSPS) is 14.9. The van der Waals surface area contributed by atoms with Crippen LogP contribution in [0.4, 0.5) is 11.4 Å². The lowest BCUT2D eigenvalue weighted by Crippen LogP contribution is -2.40. The summed E-state index contributed by atoms with van der Waals surface area (Å²) in [6, 6.07) is 9.30. The van der Waals surface area contributed by atoms with Crippen molar-refractivity contribution in [2.45, 2.75) is 4.90 Å². The number of non-ortho nitro benzene ring substituents is 1. The molecule has 0 unspecified atom stereocenters. The summed E-state index contributed by atoms with van der Waals surface area (Å²) in [5.74, 6) is -0.297. The van der Waals surface area contributed by atoms with Gasteiger partial charge in [0, 0.05) is 30.8 Å². The lowest BCUT2D eigenvalue weighted by Gasteiger charge is -2.26. The molecule has 0 aromatic heterocycles. The van der Waals surface area contributed by atoms with Gasteiger partial charge in [0.25, 0.3) is 11.6 Å². The molecule has 1 heterocycles. The minimum absolute atomic E-state index is 0.0730. The fourth-order valence-corrected chi connectivity index (χ4v) is 4.22. The van der Waals surface area contributed by atoms with Crippen molar-refractivity contribution < 1.29 is 27.6 Å². The van der Waals surface area contributed by atoms with Crippen LogP contribution in [0.15, 0.2) is 47.4 Å². The predicted molar refractivity (Wildman–Crippen MR) is 104 cm³/mol. The number of carbonyl (C=O) groups excluding carboxylic acids is 1. The maximum Gasteiger partial charge on any atom is 0.271 e. The van der Waals surface area contributed by atoms with Gasteiger partial charge in [-0.25, -0.2) is 8.42 Å². The van der Waals surface area contributed by atoms with Gasteiger partial charge in [0.1, 0.15) is 5.75 Å². The highest BCUT2D eigenvalue weighted by Crippen LogP contribution is 2.29. The third-order valence-electron chi connectivity index (χ3n) is 4.37. The molecule has 1 aliphatic rings. The molecule has 1 fully saturated rings. The monoisotopic (exact) mass is 421 g/mol. The van der Waals surface area contributed by atoms with Gasteiger partial charge < -0.3 is 14.8 Å². The molecule has 10 nitrogen and oxygen atoms in total. The molecule has 0 radical (unpaired) electrons. The molecular weight excluding hydrogens is 402 g/mol.